The Bertz CT molecular complexity index is 513. The number of aliphatic hydroxyl groups excluding tert-OH is 1. The number of amides is 1. The van der Waals surface area contributed by atoms with Gasteiger partial charge in [-0.3, -0.25) is 4.79 Å². The van der Waals surface area contributed by atoms with Crippen molar-refractivity contribution in [1.82, 2.24) is 4.90 Å². The van der Waals surface area contributed by atoms with E-state index < -0.39 is 12.2 Å². The van der Waals surface area contributed by atoms with E-state index >= 15 is 0 Å². The predicted octanol–water partition coefficient (Wildman–Crippen LogP) is 2.92. The SMILES string of the molecule is CC1CCN(C(=O)C(OC2CCCC2)c2ccccc2)CC1O. The van der Waals surface area contributed by atoms with Gasteiger partial charge in [0.2, 0.25) is 0 Å². The van der Waals surface area contributed by atoms with Crippen LogP contribution < -0.4 is 0 Å². The Hall–Kier alpha value is -1.39. The quantitative estimate of drug-likeness (QED) is 0.929. The first-order chi connectivity index (χ1) is 11.1. The monoisotopic (exact) mass is 317 g/mol. The molecule has 1 N–H and O–H groups in total. The second kappa shape index (κ2) is 7.45. The Kier molecular flexibility index (Phi) is 5.34. The molecule has 4 heteroatoms. The summed E-state index contributed by atoms with van der Waals surface area (Å²) >= 11 is 0. The van der Waals surface area contributed by atoms with Crippen LogP contribution in [-0.2, 0) is 9.53 Å². The highest BCUT2D eigenvalue weighted by molar-refractivity contribution is 5.82. The van der Waals surface area contributed by atoms with Crippen molar-refractivity contribution >= 4 is 5.91 Å². The van der Waals surface area contributed by atoms with Gasteiger partial charge in [-0.1, -0.05) is 50.1 Å². The number of carbonyl (C=O) groups is 1. The van der Waals surface area contributed by atoms with E-state index in [2.05, 4.69) is 0 Å². The fraction of sp³-hybridized carbons (Fsp3) is 0.632. The number of β-amino-alcohol motifs (C(OH)–C–C–N with tert-alkyl or cyclic N) is 1. The summed E-state index contributed by atoms with van der Waals surface area (Å²) in [6.07, 6.45) is 4.48. The van der Waals surface area contributed by atoms with Crippen molar-refractivity contribution in [2.45, 2.75) is 57.3 Å². The first-order valence-corrected chi connectivity index (χ1v) is 8.82. The summed E-state index contributed by atoms with van der Waals surface area (Å²) in [4.78, 5) is 14.8. The zero-order valence-electron chi connectivity index (χ0n) is 13.9. The van der Waals surface area contributed by atoms with Crippen molar-refractivity contribution in [2.75, 3.05) is 13.1 Å². The van der Waals surface area contributed by atoms with Crippen LogP contribution >= 0.6 is 0 Å². The molecular weight excluding hydrogens is 290 g/mol. The van der Waals surface area contributed by atoms with Crippen LogP contribution in [0.5, 0.6) is 0 Å². The van der Waals surface area contributed by atoms with Gasteiger partial charge in [0.05, 0.1) is 12.2 Å². The number of piperidine rings is 1. The number of likely N-dealkylation sites (tertiary alicyclic amines) is 1. The minimum absolute atomic E-state index is 0.00551. The van der Waals surface area contributed by atoms with Gasteiger partial charge in [-0.05, 0) is 30.7 Å². The first kappa shape index (κ1) is 16.5. The molecule has 1 aliphatic heterocycles. The van der Waals surface area contributed by atoms with Gasteiger partial charge in [-0.2, -0.15) is 0 Å². The average Bonchev–Trinajstić information content (AvgIpc) is 3.08. The third kappa shape index (κ3) is 3.93. The number of nitrogens with zero attached hydrogens (tertiary/aromatic N) is 1. The number of hydrogen-bond donors (Lipinski definition) is 1. The molecule has 3 atom stereocenters. The zero-order chi connectivity index (χ0) is 16.2. The van der Waals surface area contributed by atoms with Crippen molar-refractivity contribution in [1.29, 1.82) is 0 Å². The molecule has 23 heavy (non-hydrogen) atoms. The Morgan fingerprint density at radius 2 is 1.91 bits per heavy atom. The van der Waals surface area contributed by atoms with Crippen molar-refractivity contribution in [3.8, 4) is 0 Å². The maximum absolute atomic E-state index is 13.0. The van der Waals surface area contributed by atoms with E-state index in [1.165, 1.54) is 12.8 Å². The van der Waals surface area contributed by atoms with Crippen LogP contribution in [0.2, 0.25) is 0 Å². The highest BCUT2D eigenvalue weighted by atomic mass is 16.5. The molecule has 126 valence electrons. The molecule has 1 saturated carbocycles. The number of aliphatic hydroxyl groups is 1. The minimum Gasteiger partial charge on any atom is -0.391 e. The summed E-state index contributed by atoms with van der Waals surface area (Å²) in [6.45, 7) is 3.15. The number of benzene rings is 1. The molecule has 0 aromatic heterocycles. The summed E-state index contributed by atoms with van der Waals surface area (Å²) in [7, 11) is 0. The molecule has 2 aliphatic rings. The molecule has 1 aromatic rings. The van der Waals surface area contributed by atoms with E-state index in [9.17, 15) is 9.90 Å². The first-order valence-electron chi connectivity index (χ1n) is 8.82. The second-order valence-corrected chi connectivity index (χ2v) is 6.95. The fourth-order valence-electron chi connectivity index (χ4n) is 3.54. The molecule has 1 heterocycles. The second-order valence-electron chi connectivity index (χ2n) is 6.95. The van der Waals surface area contributed by atoms with Gasteiger partial charge in [0.25, 0.3) is 5.91 Å². The molecule has 4 nitrogen and oxygen atoms in total. The van der Waals surface area contributed by atoms with Crippen LogP contribution in [0.3, 0.4) is 0 Å². The molecule has 1 saturated heterocycles. The number of rotatable bonds is 4. The number of hydrogen-bond acceptors (Lipinski definition) is 3. The molecule has 2 fully saturated rings. The maximum Gasteiger partial charge on any atom is 0.256 e. The Morgan fingerprint density at radius 3 is 2.57 bits per heavy atom. The van der Waals surface area contributed by atoms with Gasteiger partial charge >= 0.3 is 0 Å². The molecule has 1 aliphatic carbocycles. The van der Waals surface area contributed by atoms with Gasteiger partial charge in [0, 0.05) is 13.1 Å². The highest BCUT2D eigenvalue weighted by Gasteiger charge is 2.34. The minimum atomic E-state index is -0.542. The van der Waals surface area contributed by atoms with Crippen LogP contribution in [0.1, 0.15) is 50.7 Å². The van der Waals surface area contributed by atoms with E-state index in [0.717, 1.165) is 24.8 Å². The van der Waals surface area contributed by atoms with Gasteiger partial charge in [0.15, 0.2) is 6.10 Å². The van der Waals surface area contributed by atoms with Crippen LogP contribution in [0.25, 0.3) is 0 Å². The van der Waals surface area contributed by atoms with Crippen molar-refractivity contribution in [3.05, 3.63) is 35.9 Å². The lowest BCUT2D eigenvalue weighted by Crippen LogP contribution is -2.48. The Morgan fingerprint density at radius 1 is 1.22 bits per heavy atom. The van der Waals surface area contributed by atoms with Crippen molar-refractivity contribution in [2.24, 2.45) is 5.92 Å². The van der Waals surface area contributed by atoms with E-state index in [0.29, 0.717) is 13.1 Å². The molecule has 3 unspecified atom stereocenters. The lowest BCUT2D eigenvalue weighted by atomic mass is 9.95. The van der Waals surface area contributed by atoms with Gasteiger partial charge in [-0.15, -0.1) is 0 Å². The molecule has 3 rings (SSSR count). The number of ether oxygens (including phenoxy) is 1. The van der Waals surface area contributed by atoms with Crippen LogP contribution in [0.15, 0.2) is 30.3 Å². The smallest absolute Gasteiger partial charge is 0.256 e. The summed E-state index contributed by atoms with van der Waals surface area (Å²) in [6, 6.07) is 9.76. The van der Waals surface area contributed by atoms with Crippen LogP contribution in [0.4, 0.5) is 0 Å². The predicted molar refractivity (Wildman–Crippen MR) is 88.9 cm³/mol. The van der Waals surface area contributed by atoms with Crippen LogP contribution in [0, 0.1) is 5.92 Å². The zero-order valence-corrected chi connectivity index (χ0v) is 13.9. The summed E-state index contributed by atoms with van der Waals surface area (Å²) in [5, 5.41) is 10.1. The Balaban J connectivity index is 1.75. The average molecular weight is 317 g/mol. The van der Waals surface area contributed by atoms with E-state index in [1.807, 2.05) is 37.3 Å². The third-order valence-electron chi connectivity index (χ3n) is 5.19. The molecule has 0 radical (unpaired) electrons. The van der Waals surface area contributed by atoms with E-state index in [4.69, 9.17) is 4.74 Å². The summed E-state index contributed by atoms with van der Waals surface area (Å²) in [5.41, 5.74) is 0.914. The van der Waals surface area contributed by atoms with E-state index in [-0.39, 0.29) is 17.9 Å². The molecule has 1 amide bonds. The molecular formula is C19H27NO3. The van der Waals surface area contributed by atoms with Gasteiger partial charge in [-0.25, -0.2) is 0 Å². The standard InChI is InChI=1S/C19H27NO3/c1-14-11-12-20(13-17(14)21)19(22)18(15-7-3-2-4-8-15)23-16-9-5-6-10-16/h2-4,7-8,14,16-18,21H,5-6,9-13H2,1H3. The normalized spacial score (nSPS) is 27.1. The number of carbonyl (C=O) groups excluding carboxylic acids is 1. The lowest BCUT2D eigenvalue weighted by Gasteiger charge is -2.36. The van der Waals surface area contributed by atoms with E-state index in [1.54, 1.807) is 4.90 Å². The fourth-order valence-corrected chi connectivity index (χ4v) is 3.54. The Labute approximate surface area is 138 Å². The van der Waals surface area contributed by atoms with Gasteiger partial charge in [0.1, 0.15) is 0 Å². The summed E-state index contributed by atoms with van der Waals surface area (Å²) in [5.74, 6) is 0.249. The summed E-state index contributed by atoms with van der Waals surface area (Å²) < 4.78 is 6.20. The van der Waals surface area contributed by atoms with Crippen molar-refractivity contribution < 1.29 is 14.6 Å². The highest BCUT2D eigenvalue weighted by Crippen LogP contribution is 2.30. The molecule has 0 bridgehead atoms. The van der Waals surface area contributed by atoms with Gasteiger partial charge < -0.3 is 14.7 Å². The molecule has 1 aromatic carbocycles. The maximum atomic E-state index is 13.0. The molecule has 0 spiro atoms. The topological polar surface area (TPSA) is 49.8 Å². The van der Waals surface area contributed by atoms with Crippen molar-refractivity contribution in [3.63, 3.8) is 0 Å². The third-order valence-corrected chi connectivity index (χ3v) is 5.19. The largest absolute Gasteiger partial charge is 0.391 e. The van der Waals surface area contributed by atoms with Crippen LogP contribution in [-0.4, -0.2) is 41.2 Å². The lowest BCUT2D eigenvalue weighted by molar-refractivity contribution is -0.152.